The topological polar surface area (TPSA) is 58.6 Å². The number of aryl methyl sites for hydroxylation is 1. The molecular weight excluding hydrogens is 426 g/mol. The highest BCUT2D eigenvalue weighted by Gasteiger charge is 2.32. The van der Waals surface area contributed by atoms with Crippen LogP contribution in [0.25, 0.3) is 0 Å². The number of carbonyl (C=O) groups excluding carboxylic acids is 2. The Labute approximate surface area is 196 Å². The summed E-state index contributed by atoms with van der Waals surface area (Å²) in [5, 5.41) is 3.00. The van der Waals surface area contributed by atoms with Crippen LogP contribution in [-0.4, -0.2) is 36.4 Å². The molecule has 1 aliphatic heterocycles. The third-order valence-electron chi connectivity index (χ3n) is 5.81. The van der Waals surface area contributed by atoms with Crippen LogP contribution in [0, 0.1) is 24.5 Å². The van der Waals surface area contributed by atoms with Crippen molar-refractivity contribution in [2.24, 2.45) is 5.92 Å². The van der Waals surface area contributed by atoms with Crippen LogP contribution in [0.2, 0.25) is 0 Å². The number of amides is 2. The predicted octanol–water partition coefficient (Wildman–Crippen LogP) is 5.41. The Morgan fingerprint density at radius 2 is 1.88 bits per heavy atom. The number of nitrogens with zero attached hydrogens (tertiary/aromatic N) is 1. The molecule has 33 heavy (non-hydrogen) atoms. The Hall–Kier alpha value is -2.44. The van der Waals surface area contributed by atoms with E-state index in [1.165, 1.54) is 18.4 Å². The molecule has 2 saturated carbocycles. The molecule has 2 amide bonds. The highest BCUT2D eigenvalue weighted by atomic mass is 19.2. The van der Waals surface area contributed by atoms with Crippen LogP contribution in [0.4, 0.5) is 8.78 Å². The highest BCUT2D eigenvalue weighted by Crippen LogP contribution is 2.39. The first kappa shape index (κ1) is 26.8. The Balaban J connectivity index is 0.000000218. The fourth-order valence-corrected chi connectivity index (χ4v) is 3.99. The van der Waals surface area contributed by atoms with Crippen LogP contribution in [0.15, 0.2) is 23.5 Å². The average Bonchev–Trinajstić information content (AvgIpc) is 3.70. The van der Waals surface area contributed by atoms with Gasteiger partial charge in [-0.1, -0.05) is 32.8 Å². The maximum absolute atomic E-state index is 13.4. The number of benzene rings is 1. The van der Waals surface area contributed by atoms with Gasteiger partial charge in [0.05, 0.1) is 13.2 Å². The van der Waals surface area contributed by atoms with Gasteiger partial charge in [-0.15, -0.1) is 0 Å². The molecule has 1 saturated heterocycles. The molecule has 1 N–H and O–H groups in total. The van der Waals surface area contributed by atoms with Gasteiger partial charge in [-0.05, 0) is 55.7 Å². The van der Waals surface area contributed by atoms with E-state index in [9.17, 15) is 18.4 Å². The summed E-state index contributed by atoms with van der Waals surface area (Å²) in [6.45, 7) is 8.08. The van der Waals surface area contributed by atoms with E-state index in [-0.39, 0.29) is 30.0 Å². The fraction of sp³-hybridized carbons (Fsp3) is 0.615. The summed E-state index contributed by atoms with van der Waals surface area (Å²) in [5.74, 6) is 0.188. The SMILES string of the molecule is CC.COC(=C1CC1)C(CC1CC1)NC(C)=O.Cc1cc(F)c(F)c(CN2CCCC2=O)c1. The van der Waals surface area contributed by atoms with Crippen molar-refractivity contribution < 1.29 is 23.1 Å². The van der Waals surface area contributed by atoms with E-state index in [4.69, 9.17) is 4.74 Å². The van der Waals surface area contributed by atoms with Gasteiger partial charge < -0.3 is 15.0 Å². The highest BCUT2D eigenvalue weighted by molar-refractivity contribution is 5.78. The number of hydrogen-bond acceptors (Lipinski definition) is 3. The lowest BCUT2D eigenvalue weighted by atomic mass is 10.1. The standard InChI is InChI=1S/C12H13F2NO.C12H19NO2.C2H6/c1-8-5-9(12(14)10(13)6-8)7-15-4-2-3-11(15)16;1-8(14)13-11(7-9-3-4-9)12(15-2)10-5-6-10;1-2/h5-6H,2-4,7H2,1H3;9,11H,3-7H2,1-2H3,(H,13,14);1-2H3. The predicted molar refractivity (Wildman–Crippen MR) is 125 cm³/mol. The minimum Gasteiger partial charge on any atom is -0.499 e. The second kappa shape index (κ2) is 12.7. The third kappa shape index (κ3) is 8.45. The van der Waals surface area contributed by atoms with E-state index in [0.29, 0.717) is 18.5 Å². The summed E-state index contributed by atoms with van der Waals surface area (Å²) >= 11 is 0. The lowest BCUT2D eigenvalue weighted by Crippen LogP contribution is -2.35. The molecule has 1 unspecified atom stereocenters. The van der Waals surface area contributed by atoms with Gasteiger partial charge in [0.1, 0.15) is 5.76 Å². The van der Waals surface area contributed by atoms with Crippen LogP contribution in [0.1, 0.15) is 76.8 Å². The number of rotatable bonds is 7. The van der Waals surface area contributed by atoms with Gasteiger partial charge in [0.15, 0.2) is 11.6 Å². The first-order valence-electron chi connectivity index (χ1n) is 12.0. The number of halogens is 2. The van der Waals surface area contributed by atoms with E-state index in [1.54, 1.807) is 31.9 Å². The number of hydrogen-bond donors (Lipinski definition) is 1. The lowest BCUT2D eigenvalue weighted by Gasteiger charge is -2.20. The van der Waals surface area contributed by atoms with Gasteiger partial charge in [0.25, 0.3) is 0 Å². The molecule has 0 spiro atoms. The molecule has 3 aliphatic rings. The van der Waals surface area contributed by atoms with Crippen molar-refractivity contribution >= 4 is 11.8 Å². The van der Waals surface area contributed by atoms with Crippen LogP contribution in [0.5, 0.6) is 0 Å². The molecule has 1 atom stereocenters. The molecule has 0 bridgehead atoms. The molecule has 2 aliphatic carbocycles. The van der Waals surface area contributed by atoms with Crippen LogP contribution in [-0.2, 0) is 20.9 Å². The summed E-state index contributed by atoms with van der Waals surface area (Å²) in [7, 11) is 1.71. The third-order valence-corrected chi connectivity index (χ3v) is 5.81. The maximum atomic E-state index is 13.4. The largest absolute Gasteiger partial charge is 0.499 e. The molecule has 1 aromatic carbocycles. The quantitative estimate of drug-likeness (QED) is 0.549. The summed E-state index contributed by atoms with van der Waals surface area (Å²) < 4.78 is 32.0. The van der Waals surface area contributed by atoms with Crippen LogP contribution in [0.3, 0.4) is 0 Å². The normalized spacial score (nSPS) is 17.4. The summed E-state index contributed by atoms with van der Waals surface area (Å²) in [4.78, 5) is 24.1. The molecule has 0 aromatic heterocycles. The Morgan fingerprint density at radius 3 is 2.36 bits per heavy atom. The van der Waals surface area contributed by atoms with Crippen molar-refractivity contribution in [3.05, 3.63) is 46.2 Å². The molecule has 1 heterocycles. The number of carbonyl (C=O) groups is 2. The van der Waals surface area contributed by atoms with Gasteiger partial charge >= 0.3 is 0 Å². The Morgan fingerprint density at radius 1 is 1.21 bits per heavy atom. The van der Waals surface area contributed by atoms with E-state index < -0.39 is 11.6 Å². The number of methoxy groups -OCH3 is 1. The van der Waals surface area contributed by atoms with E-state index >= 15 is 0 Å². The minimum absolute atomic E-state index is 0.0151. The van der Waals surface area contributed by atoms with Crippen molar-refractivity contribution in [3.63, 3.8) is 0 Å². The van der Waals surface area contributed by atoms with Gasteiger partial charge in [-0.3, -0.25) is 9.59 Å². The summed E-state index contributed by atoms with van der Waals surface area (Å²) in [6, 6.07) is 2.87. The molecule has 3 fully saturated rings. The molecule has 5 nitrogen and oxygen atoms in total. The molecule has 184 valence electrons. The first-order valence-corrected chi connectivity index (χ1v) is 12.0. The first-order chi connectivity index (χ1) is 15.8. The van der Waals surface area contributed by atoms with Crippen molar-refractivity contribution in [1.29, 1.82) is 0 Å². The fourth-order valence-electron chi connectivity index (χ4n) is 3.99. The summed E-state index contributed by atoms with van der Waals surface area (Å²) in [6.07, 6.45) is 7.26. The maximum Gasteiger partial charge on any atom is 0.222 e. The number of ether oxygens (including phenoxy) is 1. The molecule has 0 radical (unpaired) electrons. The average molecular weight is 465 g/mol. The number of nitrogens with one attached hydrogen (secondary N) is 1. The minimum atomic E-state index is -0.846. The van der Waals surface area contributed by atoms with Crippen molar-refractivity contribution in [3.8, 4) is 0 Å². The molecule has 1 aromatic rings. The van der Waals surface area contributed by atoms with Crippen molar-refractivity contribution in [2.45, 2.75) is 85.2 Å². The Bertz CT molecular complexity index is 859. The zero-order chi connectivity index (χ0) is 24.5. The Kier molecular flexibility index (Phi) is 10.3. The summed E-state index contributed by atoms with van der Waals surface area (Å²) in [5.41, 5.74) is 2.31. The van der Waals surface area contributed by atoms with E-state index in [0.717, 1.165) is 43.4 Å². The second-order valence-corrected chi connectivity index (χ2v) is 8.74. The lowest BCUT2D eigenvalue weighted by molar-refractivity contribution is -0.128. The van der Waals surface area contributed by atoms with Gasteiger partial charge in [0, 0.05) is 32.0 Å². The van der Waals surface area contributed by atoms with Gasteiger partial charge in [-0.25, -0.2) is 8.78 Å². The van der Waals surface area contributed by atoms with Crippen LogP contribution < -0.4 is 5.32 Å². The van der Waals surface area contributed by atoms with Crippen molar-refractivity contribution in [1.82, 2.24) is 10.2 Å². The zero-order valence-electron chi connectivity index (χ0n) is 20.6. The van der Waals surface area contributed by atoms with Crippen molar-refractivity contribution in [2.75, 3.05) is 13.7 Å². The van der Waals surface area contributed by atoms with E-state index in [1.807, 2.05) is 13.8 Å². The van der Waals surface area contributed by atoms with E-state index in [2.05, 4.69) is 5.32 Å². The zero-order valence-corrected chi connectivity index (χ0v) is 20.6. The van der Waals surface area contributed by atoms with Crippen LogP contribution >= 0.6 is 0 Å². The number of likely N-dealkylation sites (tertiary alicyclic amines) is 1. The molecule has 7 heteroatoms. The molecular formula is C26H38F2N2O3. The van der Waals surface area contributed by atoms with Gasteiger partial charge in [-0.2, -0.15) is 0 Å². The number of allylic oxidation sites excluding steroid dienone is 1. The second-order valence-electron chi connectivity index (χ2n) is 8.74. The van der Waals surface area contributed by atoms with Gasteiger partial charge in [0.2, 0.25) is 11.8 Å². The molecule has 4 rings (SSSR count). The smallest absolute Gasteiger partial charge is 0.222 e. The monoisotopic (exact) mass is 464 g/mol.